The Morgan fingerprint density at radius 1 is 1.12 bits per heavy atom. The molecule has 0 spiro atoms. The average molecular weight is 354 g/mol. The van der Waals surface area contributed by atoms with Crippen LogP contribution in [-0.4, -0.2) is 32.8 Å². The highest BCUT2D eigenvalue weighted by molar-refractivity contribution is 5.88. The van der Waals surface area contributed by atoms with Crippen LogP contribution in [0.15, 0.2) is 48.5 Å². The van der Waals surface area contributed by atoms with Crippen molar-refractivity contribution in [2.45, 2.75) is 31.8 Å². The number of nitro benzene ring substituents is 1. The molecule has 2 aromatic carbocycles. The van der Waals surface area contributed by atoms with Crippen LogP contribution < -0.4 is 0 Å². The summed E-state index contributed by atoms with van der Waals surface area (Å²) in [6, 6.07) is 12.7. The van der Waals surface area contributed by atoms with Gasteiger partial charge in [0.25, 0.3) is 5.69 Å². The second-order valence-corrected chi connectivity index (χ2v) is 6.36. The number of hydrogen-bond donors (Lipinski definition) is 1. The number of nitro groups is 1. The molecule has 0 saturated heterocycles. The quantitative estimate of drug-likeness (QED) is 0.608. The molecule has 0 aromatic heterocycles. The van der Waals surface area contributed by atoms with E-state index in [9.17, 15) is 19.7 Å². The van der Waals surface area contributed by atoms with Crippen molar-refractivity contribution < 1.29 is 19.6 Å². The van der Waals surface area contributed by atoms with Crippen molar-refractivity contribution >= 4 is 17.6 Å². The van der Waals surface area contributed by atoms with E-state index in [4.69, 9.17) is 5.11 Å². The molecular formula is C19H18N2O5. The van der Waals surface area contributed by atoms with Crippen LogP contribution >= 0.6 is 0 Å². The van der Waals surface area contributed by atoms with Gasteiger partial charge < -0.3 is 10.0 Å². The normalized spacial score (nSPS) is 13.2. The molecule has 2 aromatic rings. The Kier molecular flexibility index (Phi) is 4.97. The van der Waals surface area contributed by atoms with Gasteiger partial charge in [0.1, 0.15) is 0 Å². The first kappa shape index (κ1) is 17.6. The van der Waals surface area contributed by atoms with Crippen molar-refractivity contribution in [3.05, 3.63) is 75.3 Å². The van der Waals surface area contributed by atoms with Gasteiger partial charge in [0.2, 0.25) is 5.91 Å². The van der Waals surface area contributed by atoms with Gasteiger partial charge in [0.05, 0.1) is 16.9 Å². The first-order valence-corrected chi connectivity index (χ1v) is 8.29. The third-order valence-electron chi connectivity index (χ3n) is 4.34. The molecule has 0 aliphatic heterocycles. The van der Waals surface area contributed by atoms with Gasteiger partial charge in [0, 0.05) is 24.7 Å². The van der Waals surface area contributed by atoms with E-state index in [0.717, 1.165) is 18.4 Å². The third kappa shape index (κ3) is 4.24. The van der Waals surface area contributed by atoms with Gasteiger partial charge in [-0.1, -0.05) is 24.3 Å². The summed E-state index contributed by atoms with van der Waals surface area (Å²) in [5.41, 5.74) is 1.66. The maximum absolute atomic E-state index is 12.7. The van der Waals surface area contributed by atoms with Crippen LogP contribution in [0.1, 0.15) is 34.3 Å². The van der Waals surface area contributed by atoms with E-state index in [0.29, 0.717) is 12.1 Å². The van der Waals surface area contributed by atoms with E-state index in [1.807, 2.05) is 0 Å². The summed E-state index contributed by atoms with van der Waals surface area (Å²) in [7, 11) is 0. The lowest BCUT2D eigenvalue weighted by Gasteiger charge is -2.23. The molecule has 0 atom stereocenters. The molecular weight excluding hydrogens is 336 g/mol. The number of benzene rings is 2. The zero-order valence-corrected chi connectivity index (χ0v) is 14.0. The van der Waals surface area contributed by atoms with Crippen molar-refractivity contribution in [3.8, 4) is 0 Å². The number of nitrogens with zero attached hydrogens (tertiary/aromatic N) is 2. The molecule has 26 heavy (non-hydrogen) atoms. The van der Waals surface area contributed by atoms with Crippen LogP contribution in [-0.2, 0) is 17.8 Å². The van der Waals surface area contributed by atoms with Crippen LogP contribution in [0.4, 0.5) is 5.69 Å². The number of amides is 1. The Morgan fingerprint density at radius 3 is 2.38 bits per heavy atom. The Hall–Kier alpha value is -3.22. The predicted octanol–water partition coefficient (Wildman–Crippen LogP) is 3.03. The monoisotopic (exact) mass is 354 g/mol. The minimum Gasteiger partial charge on any atom is -0.478 e. The van der Waals surface area contributed by atoms with Crippen LogP contribution in [0, 0.1) is 10.1 Å². The zero-order chi connectivity index (χ0) is 18.7. The molecule has 0 radical (unpaired) electrons. The minimum absolute atomic E-state index is 0.0172. The van der Waals surface area contributed by atoms with Gasteiger partial charge in [-0.15, -0.1) is 0 Å². The highest BCUT2D eigenvalue weighted by atomic mass is 16.6. The van der Waals surface area contributed by atoms with Crippen molar-refractivity contribution in [1.82, 2.24) is 4.90 Å². The summed E-state index contributed by atoms with van der Waals surface area (Å²) < 4.78 is 0. The van der Waals surface area contributed by atoms with Gasteiger partial charge in [-0.05, 0) is 36.1 Å². The number of carboxylic acid groups (broad SMARTS) is 1. The van der Waals surface area contributed by atoms with Crippen molar-refractivity contribution in [1.29, 1.82) is 0 Å². The lowest BCUT2D eigenvalue weighted by molar-refractivity contribution is -0.384. The highest BCUT2D eigenvalue weighted by Gasteiger charge is 2.32. The number of rotatable bonds is 7. The molecule has 1 amide bonds. The molecule has 0 unspecified atom stereocenters. The molecule has 134 valence electrons. The Morgan fingerprint density at radius 2 is 1.81 bits per heavy atom. The molecule has 1 saturated carbocycles. The third-order valence-corrected chi connectivity index (χ3v) is 4.34. The summed E-state index contributed by atoms with van der Waals surface area (Å²) in [6.45, 7) is 0.389. The fourth-order valence-corrected chi connectivity index (χ4v) is 2.82. The molecule has 7 heteroatoms. The van der Waals surface area contributed by atoms with Crippen molar-refractivity contribution in [3.63, 3.8) is 0 Å². The average Bonchev–Trinajstić information content (AvgIpc) is 3.45. The fraction of sp³-hybridized carbons (Fsp3) is 0.263. The molecule has 1 fully saturated rings. The van der Waals surface area contributed by atoms with Gasteiger partial charge in [-0.3, -0.25) is 14.9 Å². The van der Waals surface area contributed by atoms with Crippen LogP contribution in [0.5, 0.6) is 0 Å². The summed E-state index contributed by atoms with van der Waals surface area (Å²) in [5.74, 6) is -1.10. The molecule has 0 bridgehead atoms. The molecule has 1 aliphatic rings. The van der Waals surface area contributed by atoms with E-state index in [2.05, 4.69) is 0 Å². The predicted molar refractivity (Wildman–Crippen MR) is 93.8 cm³/mol. The van der Waals surface area contributed by atoms with Crippen molar-refractivity contribution in [2.75, 3.05) is 0 Å². The fourth-order valence-electron chi connectivity index (χ4n) is 2.82. The molecule has 3 rings (SSSR count). The highest BCUT2D eigenvalue weighted by Crippen LogP contribution is 2.29. The van der Waals surface area contributed by atoms with E-state index in [1.54, 1.807) is 29.2 Å². The summed E-state index contributed by atoms with van der Waals surface area (Å²) in [5, 5.41) is 19.8. The molecule has 0 heterocycles. The SMILES string of the molecule is O=C(O)c1cccc(CC(=O)N(Cc2ccc([N+](=O)[O-])cc2)C2CC2)c1. The molecule has 1 N–H and O–H groups in total. The Labute approximate surface area is 150 Å². The van der Waals surface area contributed by atoms with Crippen LogP contribution in [0.25, 0.3) is 0 Å². The number of carbonyl (C=O) groups is 2. The summed E-state index contributed by atoms with van der Waals surface area (Å²) in [4.78, 5) is 35.8. The van der Waals surface area contributed by atoms with Gasteiger partial charge in [0.15, 0.2) is 0 Å². The van der Waals surface area contributed by atoms with Crippen molar-refractivity contribution in [2.24, 2.45) is 0 Å². The van der Waals surface area contributed by atoms with E-state index in [1.165, 1.54) is 24.3 Å². The zero-order valence-electron chi connectivity index (χ0n) is 14.0. The van der Waals surface area contributed by atoms with Crippen LogP contribution in [0.2, 0.25) is 0 Å². The van der Waals surface area contributed by atoms with E-state index < -0.39 is 10.9 Å². The Balaban J connectivity index is 1.71. The largest absolute Gasteiger partial charge is 0.478 e. The molecule has 1 aliphatic carbocycles. The molecule has 7 nitrogen and oxygen atoms in total. The summed E-state index contributed by atoms with van der Waals surface area (Å²) >= 11 is 0. The Bertz CT molecular complexity index is 843. The number of non-ortho nitro benzene ring substituents is 1. The summed E-state index contributed by atoms with van der Waals surface area (Å²) in [6.07, 6.45) is 2.01. The lowest BCUT2D eigenvalue weighted by Crippen LogP contribution is -2.33. The minimum atomic E-state index is -1.02. The van der Waals surface area contributed by atoms with E-state index in [-0.39, 0.29) is 29.6 Å². The maximum Gasteiger partial charge on any atom is 0.335 e. The second-order valence-electron chi connectivity index (χ2n) is 6.36. The number of hydrogen-bond acceptors (Lipinski definition) is 4. The second kappa shape index (κ2) is 7.35. The standard InChI is InChI=1S/C19H18N2O5/c22-18(11-14-2-1-3-15(10-14)19(23)24)20(16-8-9-16)12-13-4-6-17(7-5-13)21(25)26/h1-7,10,16H,8-9,11-12H2,(H,23,24). The smallest absolute Gasteiger partial charge is 0.335 e. The van der Waals surface area contributed by atoms with Gasteiger partial charge >= 0.3 is 5.97 Å². The first-order valence-electron chi connectivity index (χ1n) is 8.29. The lowest BCUT2D eigenvalue weighted by atomic mass is 10.1. The number of carbonyl (C=O) groups excluding carboxylic acids is 1. The topological polar surface area (TPSA) is 101 Å². The first-order chi connectivity index (χ1) is 12.4. The van der Waals surface area contributed by atoms with E-state index >= 15 is 0 Å². The maximum atomic E-state index is 12.7. The van der Waals surface area contributed by atoms with Gasteiger partial charge in [-0.25, -0.2) is 4.79 Å². The number of aromatic carboxylic acids is 1. The van der Waals surface area contributed by atoms with Gasteiger partial charge in [-0.2, -0.15) is 0 Å². The number of carboxylic acids is 1. The van der Waals surface area contributed by atoms with Crippen LogP contribution in [0.3, 0.4) is 0 Å².